The first-order valence-electron chi connectivity index (χ1n) is 10.3. The lowest BCUT2D eigenvalue weighted by Crippen LogP contribution is -2.47. The SMILES string of the molecule is CCN1C(=O)C2(CCN(C(=O)c3ccoc3C)CC2)CC1C(=O)NCCCOC. The van der Waals surface area contributed by atoms with Crippen LogP contribution in [0, 0.1) is 12.3 Å². The Morgan fingerprint density at radius 3 is 2.66 bits per heavy atom. The van der Waals surface area contributed by atoms with Crippen molar-refractivity contribution in [3.63, 3.8) is 0 Å². The minimum atomic E-state index is -0.549. The van der Waals surface area contributed by atoms with Crippen molar-refractivity contribution in [2.24, 2.45) is 5.41 Å². The number of carbonyl (C=O) groups excluding carboxylic acids is 3. The molecule has 3 heterocycles. The molecule has 1 aromatic rings. The summed E-state index contributed by atoms with van der Waals surface area (Å²) in [4.78, 5) is 42.1. The van der Waals surface area contributed by atoms with Gasteiger partial charge in [-0.25, -0.2) is 0 Å². The normalized spacial score (nSPS) is 21.1. The summed E-state index contributed by atoms with van der Waals surface area (Å²) in [5.41, 5.74) is 0.0226. The van der Waals surface area contributed by atoms with Crippen LogP contribution in [0.2, 0.25) is 0 Å². The highest BCUT2D eigenvalue weighted by molar-refractivity contribution is 5.96. The molecule has 0 aromatic carbocycles. The lowest BCUT2D eigenvalue weighted by atomic mass is 9.75. The second-order valence-electron chi connectivity index (χ2n) is 7.91. The number of piperidine rings is 1. The summed E-state index contributed by atoms with van der Waals surface area (Å²) in [5.74, 6) is 0.496. The van der Waals surface area contributed by atoms with E-state index in [0.29, 0.717) is 63.4 Å². The molecule has 2 saturated heterocycles. The van der Waals surface area contributed by atoms with Crippen molar-refractivity contribution in [1.82, 2.24) is 15.1 Å². The summed E-state index contributed by atoms with van der Waals surface area (Å²) < 4.78 is 10.3. The fourth-order valence-electron chi connectivity index (χ4n) is 4.49. The molecule has 2 aliphatic heterocycles. The summed E-state index contributed by atoms with van der Waals surface area (Å²) >= 11 is 0. The first-order chi connectivity index (χ1) is 13.9. The van der Waals surface area contributed by atoms with Crippen LogP contribution in [-0.4, -0.2) is 73.5 Å². The van der Waals surface area contributed by atoms with Crippen LogP contribution in [-0.2, 0) is 14.3 Å². The minimum absolute atomic E-state index is 0.0450. The zero-order valence-corrected chi connectivity index (χ0v) is 17.5. The van der Waals surface area contributed by atoms with Crippen molar-refractivity contribution in [2.75, 3.05) is 39.9 Å². The molecule has 2 fully saturated rings. The first-order valence-corrected chi connectivity index (χ1v) is 10.3. The van der Waals surface area contributed by atoms with Gasteiger partial charge < -0.3 is 24.3 Å². The van der Waals surface area contributed by atoms with Gasteiger partial charge in [-0.2, -0.15) is 0 Å². The summed E-state index contributed by atoms with van der Waals surface area (Å²) in [6.45, 7) is 6.33. The molecule has 0 aliphatic carbocycles. The molecule has 1 unspecified atom stereocenters. The molecule has 0 radical (unpaired) electrons. The number of aryl methyl sites for hydroxylation is 1. The van der Waals surface area contributed by atoms with Crippen LogP contribution in [0.3, 0.4) is 0 Å². The van der Waals surface area contributed by atoms with Crippen molar-refractivity contribution >= 4 is 17.7 Å². The Morgan fingerprint density at radius 2 is 2.07 bits per heavy atom. The highest BCUT2D eigenvalue weighted by Gasteiger charge is 2.54. The Balaban J connectivity index is 1.63. The summed E-state index contributed by atoms with van der Waals surface area (Å²) in [7, 11) is 1.63. The summed E-state index contributed by atoms with van der Waals surface area (Å²) in [6, 6.07) is 1.25. The average molecular weight is 405 g/mol. The number of hydrogen-bond donors (Lipinski definition) is 1. The number of nitrogens with zero attached hydrogens (tertiary/aromatic N) is 2. The van der Waals surface area contributed by atoms with Gasteiger partial charge in [-0.3, -0.25) is 14.4 Å². The highest BCUT2D eigenvalue weighted by Crippen LogP contribution is 2.44. The molecule has 1 atom stereocenters. The zero-order valence-electron chi connectivity index (χ0n) is 17.5. The maximum atomic E-state index is 13.2. The Hall–Kier alpha value is -2.35. The smallest absolute Gasteiger partial charge is 0.257 e. The predicted molar refractivity (Wildman–Crippen MR) is 106 cm³/mol. The number of amides is 3. The Morgan fingerprint density at radius 1 is 1.34 bits per heavy atom. The van der Waals surface area contributed by atoms with E-state index in [-0.39, 0.29) is 17.7 Å². The van der Waals surface area contributed by atoms with E-state index in [1.807, 2.05) is 6.92 Å². The van der Waals surface area contributed by atoms with Crippen molar-refractivity contribution in [3.8, 4) is 0 Å². The molecule has 1 spiro atoms. The van der Waals surface area contributed by atoms with E-state index in [1.165, 1.54) is 6.26 Å². The van der Waals surface area contributed by atoms with E-state index in [9.17, 15) is 14.4 Å². The van der Waals surface area contributed by atoms with Gasteiger partial charge in [0.05, 0.1) is 17.2 Å². The number of ether oxygens (including phenoxy) is 1. The molecular formula is C21H31N3O5. The van der Waals surface area contributed by atoms with Gasteiger partial charge in [0, 0.05) is 39.9 Å². The third-order valence-corrected chi connectivity index (χ3v) is 6.24. The van der Waals surface area contributed by atoms with Gasteiger partial charge in [0.2, 0.25) is 11.8 Å². The summed E-state index contributed by atoms with van der Waals surface area (Å²) in [6.07, 6.45) is 3.94. The van der Waals surface area contributed by atoms with Gasteiger partial charge in [-0.05, 0) is 45.6 Å². The third kappa shape index (κ3) is 4.17. The molecule has 29 heavy (non-hydrogen) atoms. The minimum Gasteiger partial charge on any atom is -0.469 e. The molecular weight excluding hydrogens is 374 g/mol. The van der Waals surface area contributed by atoms with Gasteiger partial charge in [-0.15, -0.1) is 0 Å². The van der Waals surface area contributed by atoms with E-state index in [0.717, 1.165) is 6.42 Å². The largest absolute Gasteiger partial charge is 0.469 e. The van der Waals surface area contributed by atoms with Gasteiger partial charge in [0.15, 0.2) is 0 Å². The Kier molecular flexibility index (Phi) is 6.62. The molecule has 1 N–H and O–H groups in total. The molecule has 3 amide bonds. The number of nitrogens with one attached hydrogen (secondary N) is 1. The standard InChI is InChI=1S/C21H31N3O5/c1-4-24-17(18(25)22-9-5-12-28-3)14-21(20(24)27)7-10-23(11-8-21)19(26)16-6-13-29-15(16)2/h6,13,17H,4-5,7-12,14H2,1-3H3,(H,22,25). The first kappa shape index (κ1) is 21.4. The second-order valence-corrected chi connectivity index (χ2v) is 7.91. The Labute approximate surface area is 171 Å². The lowest BCUT2D eigenvalue weighted by molar-refractivity contribution is -0.140. The maximum Gasteiger partial charge on any atom is 0.257 e. The highest BCUT2D eigenvalue weighted by atomic mass is 16.5. The van der Waals surface area contributed by atoms with Crippen LogP contribution in [0.15, 0.2) is 16.7 Å². The van der Waals surface area contributed by atoms with Gasteiger partial charge in [0.25, 0.3) is 5.91 Å². The number of carbonyl (C=O) groups is 3. The van der Waals surface area contributed by atoms with Gasteiger partial charge >= 0.3 is 0 Å². The van der Waals surface area contributed by atoms with Gasteiger partial charge in [-0.1, -0.05) is 0 Å². The maximum absolute atomic E-state index is 13.2. The fourth-order valence-corrected chi connectivity index (χ4v) is 4.49. The van der Waals surface area contributed by atoms with Crippen LogP contribution < -0.4 is 5.32 Å². The molecule has 2 aliphatic rings. The second kappa shape index (κ2) is 8.98. The van der Waals surface area contributed by atoms with Crippen LogP contribution in [0.25, 0.3) is 0 Å². The molecule has 8 nitrogen and oxygen atoms in total. The quantitative estimate of drug-likeness (QED) is 0.696. The van der Waals surface area contributed by atoms with Crippen LogP contribution >= 0.6 is 0 Å². The molecule has 160 valence electrons. The van der Waals surface area contributed by atoms with E-state index in [2.05, 4.69) is 5.32 Å². The molecule has 1 aromatic heterocycles. The molecule has 0 saturated carbocycles. The van der Waals surface area contributed by atoms with E-state index < -0.39 is 11.5 Å². The van der Waals surface area contributed by atoms with E-state index >= 15 is 0 Å². The average Bonchev–Trinajstić information content (AvgIpc) is 3.27. The van der Waals surface area contributed by atoms with Crippen LogP contribution in [0.1, 0.15) is 48.7 Å². The number of methoxy groups -OCH3 is 1. The van der Waals surface area contributed by atoms with Crippen molar-refractivity contribution in [2.45, 2.75) is 45.6 Å². The predicted octanol–water partition coefficient (Wildman–Crippen LogP) is 1.58. The van der Waals surface area contributed by atoms with Crippen LogP contribution in [0.4, 0.5) is 0 Å². The zero-order chi connectivity index (χ0) is 21.0. The number of furan rings is 1. The number of rotatable bonds is 7. The Bertz CT molecular complexity index is 751. The summed E-state index contributed by atoms with van der Waals surface area (Å²) in [5, 5.41) is 2.93. The lowest BCUT2D eigenvalue weighted by Gasteiger charge is -2.37. The molecule has 3 rings (SSSR count). The molecule has 8 heteroatoms. The monoisotopic (exact) mass is 405 g/mol. The number of hydrogen-bond acceptors (Lipinski definition) is 5. The van der Waals surface area contributed by atoms with E-state index in [4.69, 9.17) is 9.15 Å². The van der Waals surface area contributed by atoms with Crippen molar-refractivity contribution < 1.29 is 23.5 Å². The van der Waals surface area contributed by atoms with Gasteiger partial charge in [0.1, 0.15) is 11.8 Å². The van der Waals surface area contributed by atoms with Crippen molar-refractivity contribution in [1.29, 1.82) is 0 Å². The third-order valence-electron chi connectivity index (χ3n) is 6.24. The van der Waals surface area contributed by atoms with Crippen molar-refractivity contribution in [3.05, 3.63) is 23.7 Å². The van der Waals surface area contributed by atoms with E-state index in [1.54, 1.807) is 29.9 Å². The molecule has 0 bridgehead atoms. The number of likely N-dealkylation sites (N-methyl/N-ethyl adjacent to an activating group) is 1. The fraction of sp³-hybridized carbons (Fsp3) is 0.667. The topological polar surface area (TPSA) is 92.1 Å². The number of likely N-dealkylation sites (tertiary alicyclic amines) is 2. The van der Waals surface area contributed by atoms with Crippen LogP contribution in [0.5, 0.6) is 0 Å².